The van der Waals surface area contributed by atoms with Gasteiger partial charge in [0.15, 0.2) is 0 Å². The number of carbonyl (C=O) groups excluding carboxylic acids is 2. The van der Waals surface area contributed by atoms with Gasteiger partial charge in [-0.25, -0.2) is 0 Å². The van der Waals surface area contributed by atoms with E-state index in [-0.39, 0.29) is 17.7 Å². The highest BCUT2D eigenvalue weighted by atomic mass is 16.2. The highest BCUT2D eigenvalue weighted by Crippen LogP contribution is 2.36. The second-order valence-electron chi connectivity index (χ2n) is 9.10. The molecule has 32 heavy (non-hydrogen) atoms. The molecular weight excluding hydrogens is 398 g/mol. The second kappa shape index (κ2) is 10.1. The van der Waals surface area contributed by atoms with E-state index in [9.17, 15) is 9.59 Å². The highest BCUT2D eigenvalue weighted by molar-refractivity contribution is 5.85. The summed E-state index contributed by atoms with van der Waals surface area (Å²) in [4.78, 5) is 32.8. The number of hydrogen-bond acceptors (Lipinski definition) is 3. The lowest BCUT2D eigenvalue weighted by atomic mass is 9.73. The number of rotatable bonds is 6. The maximum absolute atomic E-state index is 13.4. The van der Waals surface area contributed by atoms with Crippen LogP contribution in [0, 0.1) is 11.3 Å². The van der Waals surface area contributed by atoms with E-state index in [0.29, 0.717) is 19.5 Å². The van der Waals surface area contributed by atoms with Gasteiger partial charge in [0.05, 0.1) is 5.41 Å². The van der Waals surface area contributed by atoms with Gasteiger partial charge in [-0.2, -0.15) is 0 Å². The Morgan fingerprint density at radius 2 is 2.06 bits per heavy atom. The molecule has 2 heterocycles. The van der Waals surface area contributed by atoms with Gasteiger partial charge in [0, 0.05) is 37.9 Å². The van der Waals surface area contributed by atoms with Crippen molar-refractivity contribution in [2.45, 2.75) is 45.4 Å². The summed E-state index contributed by atoms with van der Waals surface area (Å²) in [6, 6.07) is 12.3. The minimum Gasteiger partial charge on any atom is -0.356 e. The van der Waals surface area contributed by atoms with Gasteiger partial charge in [0.25, 0.3) is 0 Å². The number of benzene rings is 1. The van der Waals surface area contributed by atoms with E-state index in [4.69, 9.17) is 0 Å². The van der Waals surface area contributed by atoms with Crippen LogP contribution in [0.15, 0.2) is 60.9 Å². The molecule has 0 spiro atoms. The summed E-state index contributed by atoms with van der Waals surface area (Å²) in [7, 11) is 0. The first kappa shape index (κ1) is 22.3. The molecular formula is C27H33N3O2. The zero-order chi connectivity index (χ0) is 22.4. The summed E-state index contributed by atoms with van der Waals surface area (Å²) >= 11 is 0. The molecule has 2 atom stereocenters. The molecule has 2 aromatic rings. The number of piperidine rings is 1. The van der Waals surface area contributed by atoms with Crippen LogP contribution in [-0.4, -0.2) is 41.3 Å². The zero-order valence-corrected chi connectivity index (χ0v) is 18.9. The topological polar surface area (TPSA) is 62.3 Å². The first-order valence-corrected chi connectivity index (χ1v) is 11.8. The molecule has 2 amide bonds. The predicted octanol–water partition coefficient (Wildman–Crippen LogP) is 4.39. The Bertz CT molecular complexity index is 972. The van der Waals surface area contributed by atoms with Gasteiger partial charge in [0.1, 0.15) is 0 Å². The summed E-state index contributed by atoms with van der Waals surface area (Å²) < 4.78 is 0. The summed E-state index contributed by atoms with van der Waals surface area (Å²) in [6.45, 7) is 3.79. The summed E-state index contributed by atoms with van der Waals surface area (Å²) in [5.41, 5.74) is 2.68. The smallest absolute Gasteiger partial charge is 0.228 e. The van der Waals surface area contributed by atoms with E-state index >= 15 is 0 Å². The normalized spacial score (nSPS) is 23.0. The number of nitrogens with zero attached hydrogens (tertiary/aromatic N) is 2. The van der Waals surface area contributed by atoms with Gasteiger partial charge in [-0.3, -0.25) is 14.6 Å². The molecule has 0 unspecified atom stereocenters. The fourth-order valence-corrected chi connectivity index (χ4v) is 5.14. The van der Waals surface area contributed by atoms with Crippen LogP contribution in [0.2, 0.25) is 0 Å². The molecule has 0 radical (unpaired) electrons. The number of hydrogen-bond donors (Lipinski definition) is 1. The van der Waals surface area contributed by atoms with Crippen molar-refractivity contribution in [3.63, 3.8) is 0 Å². The molecule has 1 aromatic carbocycles. The van der Waals surface area contributed by atoms with Crippen LogP contribution in [0.5, 0.6) is 0 Å². The first-order valence-electron chi connectivity index (χ1n) is 11.8. The van der Waals surface area contributed by atoms with Crippen molar-refractivity contribution in [1.82, 2.24) is 15.2 Å². The Balaban J connectivity index is 1.59. The molecule has 2 aliphatic rings. The lowest BCUT2D eigenvalue weighted by Gasteiger charge is -2.43. The van der Waals surface area contributed by atoms with Crippen LogP contribution in [0.25, 0.3) is 11.1 Å². The largest absolute Gasteiger partial charge is 0.356 e. The molecule has 1 saturated heterocycles. The Hall–Kier alpha value is -2.95. The minimum atomic E-state index is -0.595. The van der Waals surface area contributed by atoms with Crippen molar-refractivity contribution in [2.75, 3.05) is 19.6 Å². The van der Waals surface area contributed by atoms with E-state index < -0.39 is 5.41 Å². The summed E-state index contributed by atoms with van der Waals surface area (Å²) in [6.07, 6.45) is 12.9. The van der Waals surface area contributed by atoms with Crippen LogP contribution in [0.1, 0.15) is 44.6 Å². The van der Waals surface area contributed by atoms with E-state index in [1.165, 1.54) is 0 Å². The van der Waals surface area contributed by atoms with Crippen molar-refractivity contribution in [1.29, 1.82) is 0 Å². The van der Waals surface area contributed by atoms with Gasteiger partial charge < -0.3 is 10.2 Å². The van der Waals surface area contributed by atoms with Gasteiger partial charge in [-0.15, -0.1) is 0 Å². The van der Waals surface area contributed by atoms with Crippen molar-refractivity contribution in [3.8, 4) is 11.1 Å². The quantitative estimate of drug-likeness (QED) is 0.690. The van der Waals surface area contributed by atoms with E-state index in [1.807, 2.05) is 36.2 Å². The van der Waals surface area contributed by atoms with Gasteiger partial charge >= 0.3 is 0 Å². The average Bonchev–Trinajstić information content (AvgIpc) is 2.85. The third-order valence-corrected chi connectivity index (χ3v) is 6.79. The van der Waals surface area contributed by atoms with Gasteiger partial charge in [0.2, 0.25) is 11.8 Å². The van der Waals surface area contributed by atoms with E-state index in [1.54, 1.807) is 6.20 Å². The van der Waals surface area contributed by atoms with Crippen LogP contribution < -0.4 is 5.32 Å². The Kier molecular flexibility index (Phi) is 7.03. The number of carbonyl (C=O) groups is 2. The van der Waals surface area contributed by atoms with Gasteiger partial charge in [-0.1, -0.05) is 42.5 Å². The van der Waals surface area contributed by atoms with E-state index in [0.717, 1.165) is 55.3 Å². The number of likely N-dealkylation sites (tertiary alicyclic amines) is 1. The van der Waals surface area contributed by atoms with Crippen LogP contribution in [0.3, 0.4) is 0 Å². The fraction of sp³-hybridized carbons (Fsp3) is 0.444. The molecule has 1 aliphatic heterocycles. The zero-order valence-electron chi connectivity index (χ0n) is 18.9. The van der Waals surface area contributed by atoms with E-state index in [2.05, 4.69) is 40.7 Å². The monoisotopic (exact) mass is 431 g/mol. The molecule has 5 heteroatoms. The Labute approximate surface area is 190 Å². The number of amides is 2. The molecule has 168 valence electrons. The number of nitrogens with one attached hydrogen (secondary N) is 1. The minimum absolute atomic E-state index is 0.0546. The number of aromatic nitrogens is 1. The van der Waals surface area contributed by atoms with Crippen LogP contribution in [-0.2, 0) is 16.0 Å². The van der Waals surface area contributed by atoms with Crippen molar-refractivity contribution >= 4 is 11.8 Å². The first-order chi connectivity index (χ1) is 15.6. The van der Waals surface area contributed by atoms with Gasteiger partial charge in [-0.05, 0) is 68.2 Å². The molecule has 0 saturated carbocycles. The predicted molar refractivity (Wildman–Crippen MR) is 127 cm³/mol. The molecule has 1 aromatic heterocycles. The maximum Gasteiger partial charge on any atom is 0.228 e. The third kappa shape index (κ3) is 4.93. The molecule has 1 N–H and O–H groups in total. The number of pyridine rings is 1. The third-order valence-electron chi connectivity index (χ3n) is 6.79. The molecule has 1 aliphatic carbocycles. The maximum atomic E-state index is 13.4. The number of allylic oxidation sites excluding steroid dienone is 2. The lowest BCUT2D eigenvalue weighted by molar-refractivity contribution is -0.144. The fourth-order valence-electron chi connectivity index (χ4n) is 5.14. The molecule has 5 nitrogen and oxygen atoms in total. The Morgan fingerprint density at radius 3 is 2.81 bits per heavy atom. The molecule has 4 rings (SSSR count). The summed E-state index contributed by atoms with van der Waals surface area (Å²) in [5.74, 6) is 0.332. The van der Waals surface area contributed by atoms with Crippen molar-refractivity contribution in [3.05, 3.63) is 66.5 Å². The second-order valence-corrected chi connectivity index (χ2v) is 9.10. The van der Waals surface area contributed by atoms with Crippen LogP contribution in [0.4, 0.5) is 0 Å². The SMILES string of the molecule is CCNC(=O)[C@]1(Cc2cccc(-c3cccnc3)c2)CCCN(C(=O)[C@@H]2CC=CCC2)C1. The molecule has 0 bridgehead atoms. The molecule has 1 fully saturated rings. The highest BCUT2D eigenvalue weighted by Gasteiger charge is 2.44. The van der Waals surface area contributed by atoms with Crippen molar-refractivity contribution < 1.29 is 9.59 Å². The lowest BCUT2D eigenvalue weighted by Crippen LogP contribution is -2.55. The average molecular weight is 432 g/mol. The van der Waals surface area contributed by atoms with Crippen LogP contribution >= 0.6 is 0 Å². The van der Waals surface area contributed by atoms with Crippen molar-refractivity contribution in [2.24, 2.45) is 11.3 Å². The Morgan fingerprint density at radius 1 is 1.19 bits per heavy atom. The standard InChI is InChI=1S/C27H33N3O2/c1-2-29-26(32)27(14-8-16-30(20-27)25(31)22-10-4-3-5-11-22)18-21-9-6-12-23(17-21)24-13-7-15-28-19-24/h3-4,6-7,9,12-13,15,17,19,22H,2,5,8,10-11,14,16,18,20H2,1H3,(H,29,32)/t22-,27+/m1/s1. The summed E-state index contributed by atoms with van der Waals surface area (Å²) in [5, 5.41) is 3.06.